The number of benzene rings is 2. The first-order valence-electron chi connectivity index (χ1n) is 17.7. The van der Waals surface area contributed by atoms with E-state index in [1.807, 2.05) is 52.0 Å². The van der Waals surface area contributed by atoms with Crippen molar-refractivity contribution >= 4 is 16.1 Å². The quantitative estimate of drug-likeness (QED) is 0.241. The second-order valence-electron chi connectivity index (χ2n) is 14.7. The first kappa shape index (κ1) is 36.5. The monoisotopic (exact) mass is 741 g/mol. The Kier molecular flexibility index (Phi) is 10.2. The Balaban J connectivity index is 1.16. The SMILES string of the molecule is Cc1noc(C)c1COc1ccc(C[C@H]2[C@@H](CN(CC(C)C)S(=O)(=O)c3ccc4c(c3)OCO4)OC(C)(C)N2C(=O)O[C@H]2CO[C@H]3OCCC32)cc1. The molecule has 4 aliphatic heterocycles. The van der Waals surface area contributed by atoms with Gasteiger partial charge in [-0.2, -0.15) is 4.31 Å². The molecule has 7 rings (SSSR count). The summed E-state index contributed by atoms with van der Waals surface area (Å²) in [7, 11) is -4.02. The topological polar surface area (TPSA) is 148 Å². The lowest BCUT2D eigenvalue weighted by atomic mass is 9.99. The molecule has 1 aromatic heterocycles. The summed E-state index contributed by atoms with van der Waals surface area (Å²) in [6.45, 7) is 12.6. The van der Waals surface area contributed by atoms with E-state index in [2.05, 4.69) is 5.16 Å². The van der Waals surface area contributed by atoms with E-state index in [0.717, 1.165) is 23.2 Å². The molecule has 1 amide bonds. The van der Waals surface area contributed by atoms with Gasteiger partial charge < -0.3 is 37.7 Å². The molecule has 3 fully saturated rings. The molecule has 15 heteroatoms. The molecule has 0 radical (unpaired) electrons. The molecule has 0 saturated carbocycles. The Bertz CT molecular complexity index is 1840. The van der Waals surface area contributed by atoms with Gasteiger partial charge in [-0.25, -0.2) is 13.2 Å². The number of hydrogen-bond donors (Lipinski definition) is 0. The van der Waals surface area contributed by atoms with Crippen molar-refractivity contribution in [3.05, 3.63) is 65.0 Å². The van der Waals surface area contributed by atoms with Crippen LogP contribution in [0.3, 0.4) is 0 Å². The Morgan fingerprint density at radius 2 is 1.85 bits per heavy atom. The van der Waals surface area contributed by atoms with E-state index >= 15 is 0 Å². The number of aryl methyl sites for hydroxylation is 2. The third kappa shape index (κ3) is 7.33. The highest BCUT2D eigenvalue weighted by Crippen LogP contribution is 2.40. The molecule has 0 bridgehead atoms. The lowest BCUT2D eigenvalue weighted by molar-refractivity contribution is -0.0911. The zero-order chi connectivity index (χ0) is 36.8. The minimum absolute atomic E-state index is 0.000361. The van der Waals surface area contributed by atoms with Crippen LogP contribution in [0, 0.1) is 25.7 Å². The molecule has 4 aliphatic rings. The van der Waals surface area contributed by atoms with Gasteiger partial charge in [-0.1, -0.05) is 31.1 Å². The molecule has 2 aromatic carbocycles. The van der Waals surface area contributed by atoms with Gasteiger partial charge in [0.15, 0.2) is 17.8 Å². The number of sulfonamides is 1. The summed E-state index contributed by atoms with van der Waals surface area (Å²) in [5, 5.41) is 4.00. The Labute approximate surface area is 304 Å². The van der Waals surface area contributed by atoms with Crippen molar-refractivity contribution in [1.29, 1.82) is 0 Å². The molecule has 0 aliphatic carbocycles. The molecule has 3 aromatic rings. The lowest BCUT2D eigenvalue weighted by Gasteiger charge is -2.34. The van der Waals surface area contributed by atoms with E-state index in [-0.39, 0.29) is 49.5 Å². The average Bonchev–Trinajstić information content (AvgIpc) is 3.92. The van der Waals surface area contributed by atoms with Crippen LogP contribution in [0.15, 0.2) is 51.9 Å². The summed E-state index contributed by atoms with van der Waals surface area (Å²) in [5.41, 5.74) is 1.46. The maximum Gasteiger partial charge on any atom is 0.412 e. The van der Waals surface area contributed by atoms with Crippen LogP contribution in [0.5, 0.6) is 17.2 Å². The van der Waals surface area contributed by atoms with Gasteiger partial charge >= 0.3 is 6.09 Å². The zero-order valence-corrected chi connectivity index (χ0v) is 31.2. The number of hydrogen-bond acceptors (Lipinski definition) is 12. The van der Waals surface area contributed by atoms with E-state index < -0.39 is 40.1 Å². The van der Waals surface area contributed by atoms with Gasteiger partial charge in [-0.3, -0.25) is 4.90 Å². The van der Waals surface area contributed by atoms with Crippen molar-refractivity contribution in [3.8, 4) is 17.2 Å². The van der Waals surface area contributed by atoms with Crippen LogP contribution < -0.4 is 14.2 Å². The van der Waals surface area contributed by atoms with Gasteiger partial charge in [0.2, 0.25) is 16.8 Å². The first-order chi connectivity index (χ1) is 24.8. The molecule has 0 N–H and O–H groups in total. The Hall–Kier alpha value is -3.89. The molecule has 1 unspecified atom stereocenters. The smallest absolute Gasteiger partial charge is 0.412 e. The van der Waals surface area contributed by atoms with Gasteiger partial charge in [0, 0.05) is 19.2 Å². The summed E-state index contributed by atoms with van der Waals surface area (Å²) in [6.07, 6.45) is -0.998. The normalized spacial score (nSPS) is 24.9. The highest BCUT2D eigenvalue weighted by Gasteiger charge is 2.53. The molecular formula is C37H47N3O11S. The third-order valence-electron chi connectivity index (χ3n) is 10.1. The van der Waals surface area contributed by atoms with Crippen LogP contribution >= 0.6 is 0 Å². The number of carbonyl (C=O) groups excluding carboxylic acids is 1. The molecule has 5 atom stereocenters. The van der Waals surface area contributed by atoms with Gasteiger partial charge in [-0.05, 0) is 76.3 Å². The molecule has 282 valence electrons. The predicted molar refractivity (Wildman–Crippen MR) is 185 cm³/mol. The van der Waals surface area contributed by atoms with E-state index in [4.69, 9.17) is 37.7 Å². The fourth-order valence-corrected chi connectivity index (χ4v) is 9.07. The molecule has 3 saturated heterocycles. The number of ether oxygens (including phenoxy) is 7. The van der Waals surface area contributed by atoms with Crippen molar-refractivity contribution < 1.29 is 50.9 Å². The lowest BCUT2D eigenvalue weighted by Crippen LogP contribution is -2.51. The van der Waals surface area contributed by atoms with Crippen molar-refractivity contribution in [2.45, 2.75) is 96.2 Å². The zero-order valence-electron chi connectivity index (χ0n) is 30.4. The standard InChI is InChI=1S/C37H47N3O11S/c1-22(2)17-39(52(42,43)27-11-12-31-32(16-27)48-21-47-31)18-33-30(15-25-7-9-26(10-8-25)45-19-29-23(3)38-51-24(29)4)40(37(5,6)50-33)36(41)49-34-20-46-35-28(34)13-14-44-35/h7-12,16,22,28,30,33-35H,13-15,17-21H2,1-6H3/t28?,30-,33+,34-,35+/m0/s1. The predicted octanol–water partition coefficient (Wildman–Crippen LogP) is 5.19. The molecule has 14 nitrogen and oxygen atoms in total. The fourth-order valence-electron chi connectivity index (χ4n) is 7.43. The summed E-state index contributed by atoms with van der Waals surface area (Å²) in [5.74, 6) is 2.19. The van der Waals surface area contributed by atoms with Crippen LogP contribution in [0.1, 0.15) is 56.7 Å². The van der Waals surface area contributed by atoms with Gasteiger partial charge in [0.1, 0.15) is 29.9 Å². The van der Waals surface area contributed by atoms with Gasteiger partial charge in [0.25, 0.3) is 0 Å². The summed E-state index contributed by atoms with van der Waals surface area (Å²) >= 11 is 0. The first-order valence-corrected chi connectivity index (χ1v) is 19.2. The van der Waals surface area contributed by atoms with Gasteiger partial charge in [0.05, 0.1) is 47.4 Å². The third-order valence-corrected chi connectivity index (χ3v) is 11.9. The van der Waals surface area contributed by atoms with Crippen LogP contribution in [0.25, 0.3) is 0 Å². The number of amides is 1. The Morgan fingerprint density at radius 3 is 2.58 bits per heavy atom. The van der Waals surface area contributed by atoms with Gasteiger partial charge in [-0.15, -0.1) is 0 Å². The molecule has 0 spiro atoms. The van der Waals surface area contributed by atoms with E-state index in [1.54, 1.807) is 24.8 Å². The van der Waals surface area contributed by atoms with Crippen LogP contribution in [0.2, 0.25) is 0 Å². The van der Waals surface area contributed by atoms with E-state index in [1.165, 1.54) is 16.4 Å². The van der Waals surface area contributed by atoms with Crippen LogP contribution in [0.4, 0.5) is 4.79 Å². The fraction of sp³-hybridized carbons (Fsp3) is 0.568. The van der Waals surface area contributed by atoms with Crippen molar-refractivity contribution in [3.63, 3.8) is 0 Å². The van der Waals surface area contributed by atoms with E-state index in [0.29, 0.717) is 42.6 Å². The highest BCUT2D eigenvalue weighted by atomic mass is 32.2. The summed E-state index contributed by atoms with van der Waals surface area (Å²) in [6, 6.07) is 11.7. The highest BCUT2D eigenvalue weighted by molar-refractivity contribution is 7.89. The van der Waals surface area contributed by atoms with Crippen molar-refractivity contribution in [2.75, 3.05) is 33.1 Å². The second-order valence-corrected chi connectivity index (χ2v) is 16.6. The van der Waals surface area contributed by atoms with Crippen LogP contribution in [-0.4, -0.2) is 92.2 Å². The number of rotatable bonds is 12. The maximum absolute atomic E-state index is 14.3. The van der Waals surface area contributed by atoms with E-state index in [9.17, 15) is 13.2 Å². The molecule has 5 heterocycles. The number of aromatic nitrogens is 1. The molecular weight excluding hydrogens is 694 g/mol. The number of nitrogens with zero attached hydrogens (tertiary/aromatic N) is 3. The number of fused-ring (bicyclic) bond motifs is 2. The largest absolute Gasteiger partial charge is 0.489 e. The summed E-state index contributed by atoms with van der Waals surface area (Å²) < 4.78 is 76.4. The average molecular weight is 742 g/mol. The summed E-state index contributed by atoms with van der Waals surface area (Å²) in [4.78, 5) is 15.9. The second kappa shape index (κ2) is 14.5. The number of carbonyl (C=O) groups is 1. The maximum atomic E-state index is 14.3. The minimum Gasteiger partial charge on any atom is -0.489 e. The van der Waals surface area contributed by atoms with Crippen molar-refractivity contribution in [1.82, 2.24) is 14.4 Å². The molecule has 52 heavy (non-hydrogen) atoms. The Morgan fingerprint density at radius 1 is 1.08 bits per heavy atom. The minimum atomic E-state index is -4.02. The van der Waals surface area contributed by atoms with Crippen molar-refractivity contribution in [2.24, 2.45) is 11.8 Å². The van der Waals surface area contributed by atoms with Crippen LogP contribution in [-0.2, 0) is 42.0 Å².